The maximum atomic E-state index is 11.1. The van der Waals surface area contributed by atoms with Gasteiger partial charge in [-0.15, -0.1) is 0 Å². The van der Waals surface area contributed by atoms with Gasteiger partial charge >= 0.3 is 0 Å². The molecule has 68 valence electrons. The summed E-state index contributed by atoms with van der Waals surface area (Å²) in [6, 6.07) is 0. The fourth-order valence-corrected chi connectivity index (χ4v) is 1.22. The predicted octanol–water partition coefficient (Wildman–Crippen LogP) is 1.67. The second-order valence-electron chi connectivity index (χ2n) is 2.66. The van der Waals surface area contributed by atoms with Gasteiger partial charge in [0.05, 0.1) is 0 Å². The van der Waals surface area contributed by atoms with Gasteiger partial charge in [-0.1, -0.05) is 25.3 Å². The summed E-state index contributed by atoms with van der Waals surface area (Å²) in [4.78, 5) is 13.6. The normalized spacial score (nSPS) is 9.62. The van der Waals surface area contributed by atoms with Gasteiger partial charge in [0.2, 0.25) is 0 Å². The molecule has 3 heteroatoms. The minimum absolute atomic E-state index is 0.310. The Kier molecular flexibility index (Phi) is 2.37. The van der Waals surface area contributed by atoms with Crippen molar-refractivity contribution in [1.29, 1.82) is 0 Å². The molecule has 0 bridgehead atoms. The van der Waals surface area contributed by atoms with Crippen LogP contribution in [0, 0.1) is 6.92 Å². The number of rotatable bonds is 2. The summed E-state index contributed by atoms with van der Waals surface area (Å²) in [6.07, 6.45) is 3.01. The molecule has 1 rings (SSSR count). The number of hydrogen-bond donors (Lipinski definition) is 2. The van der Waals surface area contributed by atoms with E-state index in [1.54, 1.807) is 13.0 Å². The van der Waals surface area contributed by atoms with Crippen LogP contribution in [-0.2, 0) is 0 Å². The fraction of sp³-hybridized carbons (Fsp3) is 0.100. The number of aromatic amines is 1. The van der Waals surface area contributed by atoms with Crippen LogP contribution in [0.2, 0.25) is 0 Å². The smallest absolute Gasteiger partial charge is 0.290 e. The largest absolute Gasteiger partial charge is 0.503 e. The lowest BCUT2D eigenvalue weighted by atomic mass is 10.1. The van der Waals surface area contributed by atoms with Gasteiger partial charge in [-0.3, -0.25) is 4.79 Å². The Morgan fingerprint density at radius 2 is 1.85 bits per heavy atom. The second-order valence-corrected chi connectivity index (χ2v) is 2.66. The van der Waals surface area contributed by atoms with Gasteiger partial charge in [-0.05, 0) is 6.92 Å². The SMILES string of the molecule is C=Cc1c(C)[nH]c(=O)c(O)c1C=C. The fourth-order valence-electron chi connectivity index (χ4n) is 1.22. The van der Waals surface area contributed by atoms with Crippen LogP contribution in [0.5, 0.6) is 5.75 Å². The molecule has 0 unspecified atom stereocenters. The highest BCUT2D eigenvalue weighted by molar-refractivity contribution is 5.69. The molecule has 0 aliphatic heterocycles. The highest BCUT2D eigenvalue weighted by Gasteiger charge is 2.09. The quantitative estimate of drug-likeness (QED) is 0.722. The lowest BCUT2D eigenvalue weighted by Crippen LogP contribution is -2.10. The van der Waals surface area contributed by atoms with E-state index in [2.05, 4.69) is 18.1 Å². The van der Waals surface area contributed by atoms with Gasteiger partial charge in [0.25, 0.3) is 5.56 Å². The summed E-state index contributed by atoms with van der Waals surface area (Å²) in [7, 11) is 0. The molecule has 13 heavy (non-hydrogen) atoms. The molecule has 1 aromatic rings. The Bertz CT molecular complexity index is 416. The second kappa shape index (κ2) is 3.31. The van der Waals surface area contributed by atoms with Gasteiger partial charge < -0.3 is 10.1 Å². The number of hydrogen-bond acceptors (Lipinski definition) is 2. The van der Waals surface area contributed by atoms with E-state index in [9.17, 15) is 9.90 Å². The lowest BCUT2D eigenvalue weighted by Gasteiger charge is -2.06. The maximum Gasteiger partial charge on any atom is 0.290 e. The first kappa shape index (κ1) is 9.32. The van der Waals surface area contributed by atoms with E-state index in [-0.39, 0.29) is 5.75 Å². The summed E-state index contributed by atoms with van der Waals surface area (Å²) in [6.45, 7) is 8.85. The Balaban J connectivity index is 3.70. The van der Waals surface area contributed by atoms with Gasteiger partial charge in [-0.25, -0.2) is 0 Å². The number of aryl methyl sites for hydroxylation is 1. The van der Waals surface area contributed by atoms with Gasteiger partial charge in [-0.2, -0.15) is 0 Å². The number of aromatic hydroxyl groups is 1. The highest BCUT2D eigenvalue weighted by atomic mass is 16.3. The van der Waals surface area contributed by atoms with E-state index >= 15 is 0 Å². The predicted molar refractivity (Wildman–Crippen MR) is 53.6 cm³/mol. The molecule has 3 nitrogen and oxygen atoms in total. The summed E-state index contributed by atoms with van der Waals surface area (Å²) in [5.41, 5.74) is 1.30. The van der Waals surface area contributed by atoms with Crippen molar-refractivity contribution < 1.29 is 5.11 Å². The standard InChI is InChI=1S/C10H11NO2/c1-4-7-6(3)11-10(13)9(12)8(7)5-2/h4-5,12H,1-2H2,3H3,(H,11,13). The van der Waals surface area contributed by atoms with Gasteiger partial charge in [0.15, 0.2) is 5.75 Å². The van der Waals surface area contributed by atoms with Crippen molar-refractivity contribution in [2.45, 2.75) is 6.92 Å². The van der Waals surface area contributed by atoms with Crippen LogP contribution in [0.25, 0.3) is 12.2 Å². The molecule has 0 radical (unpaired) electrons. The van der Waals surface area contributed by atoms with E-state index in [0.29, 0.717) is 16.8 Å². The Morgan fingerprint density at radius 1 is 1.31 bits per heavy atom. The molecule has 0 aliphatic rings. The van der Waals surface area contributed by atoms with Crippen LogP contribution in [0.15, 0.2) is 18.0 Å². The van der Waals surface area contributed by atoms with E-state index < -0.39 is 5.56 Å². The Hall–Kier alpha value is -1.77. The molecule has 0 spiro atoms. The topological polar surface area (TPSA) is 53.1 Å². The third-order valence-electron chi connectivity index (χ3n) is 1.87. The summed E-state index contributed by atoms with van der Waals surface area (Å²) in [5, 5.41) is 9.37. The molecule has 1 heterocycles. The molecule has 0 aliphatic carbocycles. The van der Waals surface area contributed by atoms with Crippen LogP contribution in [0.3, 0.4) is 0 Å². The molecule has 0 fully saturated rings. The highest BCUT2D eigenvalue weighted by Crippen LogP contribution is 2.20. The first-order chi connectivity index (χ1) is 6.11. The van der Waals surface area contributed by atoms with E-state index in [0.717, 1.165) is 0 Å². The molecule has 1 aromatic heterocycles. The average Bonchev–Trinajstić information content (AvgIpc) is 2.10. The van der Waals surface area contributed by atoms with Crippen molar-refractivity contribution in [3.63, 3.8) is 0 Å². The zero-order chi connectivity index (χ0) is 10.0. The number of aromatic nitrogens is 1. The zero-order valence-electron chi connectivity index (χ0n) is 7.42. The monoisotopic (exact) mass is 177 g/mol. The van der Waals surface area contributed by atoms with E-state index in [1.165, 1.54) is 6.08 Å². The molecule has 0 amide bonds. The van der Waals surface area contributed by atoms with Gasteiger partial charge in [0, 0.05) is 16.8 Å². The third kappa shape index (κ3) is 1.40. The first-order valence-electron chi connectivity index (χ1n) is 3.82. The van der Waals surface area contributed by atoms with Crippen LogP contribution >= 0.6 is 0 Å². The summed E-state index contributed by atoms with van der Waals surface area (Å²) < 4.78 is 0. The van der Waals surface area contributed by atoms with Crippen molar-refractivity contribution in [2.75, 3.05) is 0 Å². The average molecular weight is 177 g/mol. The van der Waals surface area contributed by atoms with E-state index in [4.69, 9.17) is 0 Å². The van der Waals surface area contributed by atoms with Gasteiger partial charge in [0.1, 0.15) is 0 Å². The molecular formula is C10H11NO2. The first-order valence-corrected chi connectivity index (χ1v) is 3.82. The van der Waals surface area contributed by atoms with Crippen molar-refractivity contribution >= 4 is 12.2 Å². The van der Waals surface area contributed by atoms with Crippen molar-refractivity contribution in [2.24, 2.45) is 0 Å². The minimum atomic E-state index is -0.502. The van der Waals surface area contributed by atoms with Crippen LogP contribution < -0.4 is 5.56 Å². The molecule has 0 saturated carbocycles. The van der Waals surface area contributed by atoms with Crippen LogP contribution in [-0.4, -0.2) is 10.1 Å². The zero-order valence-corrected chi connectivity index (χ0v) is 7.42. The lowest BCUT2D eigenvalue weighted by molar-refractivity contribution is 0.464. The van der Waals surface area contributed by atoms with Crippen LogP contribution in [0.4, 0.5) is 0 Å². The Labute approximate surface area is 76.1 Å². The molecule has 0 aromatic carbocycles. The summed E-state index contributed by atoms with van der Waals surface area (Å²) >= 11 is 0. The maximum absolute atomic E-state index is 11.1. The minimum Gasteiger partial charge on any atom is -0.503 e. The van der Waals surface area contributed by atoms with E-state index in [1.807, 2.05) is 0 Å². The third-order valence-corrected chi connectivity index (χ3v) is 1.87. The van der Waals surface area contributed by atoms with Crippen molar-refractivity contribution in [3.05, 3.63) is 40.3 Å². The summed E-state index contributed by atoms with van der Waals surface area (Å²) in [5.74, 6) is -0.310. The number of pyridine rings is 1. The molecule has 2 N–H and O–H groups in total. The van der Waals surface area contributed by atoms with Crippen molar-refractivity contribution in [3.8, 4) is 5.75 Å². The van der Waals surface area contributed by atoms with Crippen molar-refractivity contribution in [1.82, 2.24) is 4.98 Å². The Morgan fingerprint density at radius 3 is 2.31 bits per heavy atom. The number of nitrogens with one attached hydrogen (secondary N) is 1. The molecule has 0 atom stereocenters. The molecular weight excluding hydrogens is 166 g/mol. The molecule has 0 saturated heterocycles. The number of H-pyrrole nitrogens is 1. The van der Waals surface area contributed by atoms with Crippen LogP contribution in [0.1, 0.15) is 16.8 Å².